The van der Waals surface area contributed by atoms with Crippen molar-refractivity contribution in [2.45, 2.75) is 38.1 Å². The van der Waals surface area contributed by atoms with Gasteiger partial charge in [-0.2, -0.15) is 0 Å². The molecule has 0 spiro atoms. The average Bonchev–Trinajstić information content (AvgIpc) is 3.07. The molecule has 1 aromatic carbocycles. The number of hydrogen-bond donors (Lipinski definition) is 1. The van der Waals surface area contributed by atoms with Crippen molar-refractivity contribution in [2.24, 2.45) is 0 Å². The minimum absolute atomic E-state index is 0.399. The Morgan fingerprint density at radius 2 is 2.15 bits per heavy atom. The molecule has 1 nitrogen and oxygen atoms in total. The van der Waals surface area contributed by atoms with E-state index in [4.69, 9.17) is 11.6 Å². The molecule has 1 heterocycles. The Morgan fingerprint density at radius 1 is 1.30 bits per heavy atom. The van der Waals surface area contributed by atoms with Gasteiger partial charge in [-0.05, 0) is 49.1 Å². The Morgan fingerprint density at radius 3 is 2.90 bits per heavy atom. The lowest BCUT2D eigenvalue weighted by atomic mass is 9.92. The fraction of sp³-hybridized carbons (Fsp3) is 0.412. The highest BCUT2D eigenvalue weighted by Crippen LogP contribution is 2.43. The SMILES string of the molecule is CCCNC(c1ccc(Cl)s1)C1CCc2ccccc21. The van der Waals surface area contributed by atoms with Crippen LogP contribution >= 0.6 is 22.9 Å². The second-order valence-electron chi connectivity index (χ2n) is 5.42. The summed E-state index contributed by atoms with van der Waals surface area (Å²) in [7, 11) is 0. The summed E-state index contributed by atoms with van der Waals surface area (Å²) >= 11 is 7.85. The summed E-state index contributed by atoms with van der Waals surface area (Å²) in [6.07, 6.45) is 3.59. The monoisotopic (exact) mass is 305 g/mol. The molecular formula is C17H20ClNS. The Balaban J connectivity index is 1.90. The predicted molar refractivity (Wildman–Crippen MR) is 87.9 cm³/mol. The van der Waals surface area contributed by atoms with E-state index in [2.05, 4.69) is 42.6 Å². The molecule has 20 heavy (non-hydrogen) atoms. The first kappa shape index (κ1) is 14.1. The molecule has 3 rings (SSSR count). The summed E-state index contributed by atoms with van der Waals surface area (Å²) in [6, 6.07) is 13.5. The smallest absolute Gasteiger partial charge is 0.0931 e. The molecule has 1 aliphatic rings. The van der Waals surface area contributed by atoms with Gasteiger partial charge in [0.2, 0.25) is 0 Å². The summed E-state index contributed by atoms with van der Waals surface area (Å²) in [4.78, 5) is 1.37. The van der Waals surface area contributed by atoms with E-state index in [9.17, 15) is 0 Å². The Bertz CT molecular complexity index is 578. The van der Waals surface area contributed by atoms with E-state index < -0.39 is 0 Å². The quantitative estimate of drug-likeness (QED) is 0.803. The maximum absolute atomic E-state index is 6.14. The van der Waals surface area contributed by atoms with Crippen LogP contribution in [0.3, 0.4) is 0 Å². The molecule has 2 atom stereocenters. The van der Waals surface area contributed by atoms with Gasteiger partial charge < -0.3 is 5.32 Å². The molecule has 3 heteroatoms. The third kappa shape index (κ3) is 2.78. The van der Waals surface area contributed by atoms with Crippen LogP contribution in [-0.4, -0.2) is 6.54 Å². The first-order valence-electron chi connectivity index (χ1n) is 7.36. The minimum Gasteiger partial charge on any atom is -0.309 e. The second kappa shape index (κ2) is 6.30. The first-order chi connectivity index (χ1) is 9.79. The standard InChI is InChI=1S/C17H20ClNS/c1-2-11-19-17(15-9-10-16(18)20-15)14-8-7-12-5-3-4-6-13(12)14/h3-6,9-10,14,17,19H,2,7-8,11H2,1H3. The summed E-state index contributed by atoms with van der Waals surface area (Å²) in [5.41, 5.74) is 3.04. The number of fused-ring (bicyclic) bond motifs is 1. The van der Waals surface area contributed by atoms with E-state index >= 15 is 0 Å². The fourth-order valence-electron chi connectivity index (χ4n) is 3.17. The third-order valence-electron chi connectivity index (χ3n) is 4.10. The Hall–Kier alpha value is -0.830. The zero-order chi connectivity index (χ0) is 13.9. The van der Waals surface area contributed by atoms with Gasteiger partial charge in [0.05, 0.1) is 4.34 Å². The van der Waals surface area contributed by atoms with Crippen LogP contribution in [-0.2, 0) is 6.42 Å². The molecule has 0 bridgehead atoms. The van der Waals surface area contributed by atoms with E-state index in [-0.39, 0.29) is 0 Å². The molecule has 2 aromatic rings. The number of thiophene rings is 1. The van der Waals surface area contributed by atoms with Gasteiger partial charge in [-0.15, -0.1) is 11.3 Å². The average molecular weight is 306 g/mol. The number of aryl methyl sites for hydroxylation is 1. The molecule has 0 amide bonds. The molecule has 1 N–H and O–H groups in total. The highest BCUT2D eigenvalue weighted by molar-refractivity contribution is 7.16. The van der Waals surface area contributed by atoms with Crippen molar-refractivity contribution >= 4 is 22.9 Å². The molecule has 106 valence electrons. The summed E-state index contributed by atoms with van der Waals surface area (Å²) in [5, 5.41) is 3.73. The fourth-order valence-corrected chi connectivity index (χ4v) is 4.37. The van der Waals surface area contributed by atoms with Crippen LogP contribution in [0.25, 0.3) is 0 Å². The Kier molecular flexibility index (Phi) is 4.45. The van der Waals surface area contributed by atoms with Crippen molar-refractivity contribution in [1.82, 2.24) is 5.32 Å². The van der Waals surface area contributed by atoms with Crippen molar-refractivity contribution in [3.8, 4) is 0 Å². The van der Waals surface area contributed by atoms with Gasteiger partial charge in [0.25, 0.3) is 0 Å². The molecule has 0 saturated carbocycles. The zero-order valence-corrected chi connectivity index (χ0v) is 13.3. The highest BCUT2D eigenvalue weighted by Gasteiger charge is 2.30. The third-order valence-corrected chi connectivity index (χ3v) is 5.41. The second-order valence-corrected chi connectivity index (χ2v) is 7.16. The molecule has 0 saturated heterocycles. The summed E-state index contributed by atoms with van der Waals surface area (Å²) < 4.78 is 0.884. The summed E-state index contributed by atoms with van der Waals surface area (Å²) in [6.45, 7) is 3.27. The van der Waals surface area contributed by atoms with E-state index in [0.717, 1.165) is 17.3 Å². The van der Waals surface area contributed by atoms with Crippen LogP contribution in [0.2, 0.25) is 4.34 Å². The van der Waals surface area contributed by atoms with E-state index in [1.54, 1.807) is 11.3 Å². The maximum atomic E-state index is 6.14. The van der Waals surface area contributed by atoms with Crippen LogP contribution in [0.4, 0.5) is 0 Å². The topological polar surface area (TPSA) is 12.0 Å². The molecule has 1 aromatic heterocycles. The highest BCUT2D eigenvalue weighted by atomic mass is 35.5. The molecular weight excluding hydrogens is 286 g/mol. The number of benzene rings is 1. The van der Waals surface area contributed by atoms with E-state index in [1.807, 2.05) is 6.07 Å². The van der Waals surface area contributed by atoms with Crippen LogP contribution in [0.15, 0.2) is 36.4 Å². The molecule has 0 radical (unpaired) electrons. The van der Waals surface area contributed by atoms with Gasteiger partial charge in [-0.3, -0.25) is 0 Å². The molecule has 0 aliphatic heterocycles. The van der Waals surface area contributed by atoms with Crippen molar-refractivity contribution in [1.29, 1.82) is 0 Å². The minimum atomic E-state index is 0.399. The van der Waals surface area contributed by atoms with Gasteiger partial charge in [0.15, 0.2) is 0 Å². The van der Waals surface area contributed by atoms with Crippen LogP contribution in [0.1, 0.15) is 47.7 Å². The lowest BCUT2D eigenvalue weighted by Gasteiger charge is -2.25. The first-order valence-corrected chi connectivity index (χ1v) is 8.55. The zero-order valence-electron chi connectivity index (χ0n) is 11.7. The molecule has 0 fully saturated rings. The van der Waals surface area contributed by atoms with Crippen LogP contribution in [0, 0.1) is 0 Å². The van der Waals surface area contributed by atoms with Crippen molar-refractivity contribution in [3.63, 3.8) is 0 Å². The normalized spacial score (nSPS) is 19.0. The number of nitrogens with one attached hydrogen (secondary N) is 1. The maximum Gasteiger partial charge on any atom is 0.0931 e. The van der Waals surface area contributed by atoms with Gasteiger partial charge >= 0.3 is 0 Å². The van der Waals surface area contributed by atoms with Gasteiger partial charge in [0, 0.05) is 16.8 Å². The van der Waals surface area contributed by atoms with Crippen LogP contribution < -0.4 is 5.32 Å². The van der Waals surface area contributed by atoms with Crippen LogP contribution in [0.5, 0.6) is 0 Å². The van der Waals surface area contributed by atoms with Crippen molar-refractivity contribution < 1.29 is 0 Å². The Labute approximate surface area is 130 Å². The number of hydrogen-bond acceptors (Lipinski definition) is 2. The van der Waals surface area contributed by atoms with Gasteiger partial charge in [-0.25, -0.2) is 0 Å². The summed E-state index contributed by atoms with van der Waals surface area (Å²) in [5.74, 6) is 0.576. The van der Waals surface area contributed by atoms with Gasteiger partial charge in [-0.1, -0.05) is 42.8 Å². The lowest BCUT2D eigenvalue weighted by Crippen LogP contribution is -2.26. The van der Waals surface area contributed by atoms with E-state index in [1.165, 1.54) is 28.8 Å². The number of rotatable bonds is 5. The largest absolute Gasteiger partial charge is 0.309 e. The molecule has 2 unspecified atom stereocenters. The molecule has 1 aliphatic carbocycles. The van der Waals surface area contributed by atoms with Gasteiger partial charge in [0.1, 0.15) is 0 Å². The lowest BCUT2D eigenvalue weighted by molar-refractivity contribution is 0.448. The van der Waals surface area contributed by atoms with Crippen molar-refractivity contribution in [3.05, 3.63) is 56.7 Å². The van der Waals surface area contributed by atoms with Crippen molar-refractivity contribution in [2.75, 3.05) is 6.54 Å². The predicted octanol–water partition coefficient (Wildman–Crippen LogP) is 5.17. The number of halogens is 1. The van der Waals surface area contributed by atoms with E-state index in [0.29, 0.717) is 12.0 Å².